The molecule has 0 fully saturated rings. The van der Waals surface area contributed by atoms with Gasteiger partial charge < -0.3 is 19.7 Å². The van der Waals surface area contributed by atoms with Crippen LogP contribution < -0.4 is 9.80 Å². The van der Waals surface area contributed by atoms with Gasteiger partial charge in [0, 0.05) is 0 Å². The van der Waals surface area contributed by atoms with E-state index in [0.29, 0.717) is 44.8 Å². The lowest BCUT2D eigenvalue weighted by atomic mass is 10.1. The molecule has 0 saturated heterocycles. The smallest absolute Gasteiger partial charge is 0.342 e. The number of aromatic hydroxyl groups is 2. The van der Waals surface area contributed by atoms with Crippen molar-refractivity contribution >= 4 is 58.3 Å². The lowest BCUT2D eigenvalue weighted by Crippen LogP contribution is -2.29. The van der Waals surface area contributed by atoms with Gasteiger partial charge in [0.25, 0.3) is 23.6 Å². The highest BCUT2D eigenvalue weighted by Crippen LogP contribution is 2.32. The molecular formula is C44H28N4O10. The first kappa shape index (κ1) is 36.7. The quantitative estimate of drug-likeness (QED) is 0.0788. The van der Waals surface area contributed by atoms with Gasteiger partial charge in [-0.1, -0.05) is 48.5 Å². The molecule has 8 rings (SSSR count). The normalized spacial score (nSPS) is 13.2. The summed E-state index contributed by atoms with van der Waals surface area (Å²) in [5, 5.41) is 29.1. The van der Waals surface area contributed by atoms with E-state index in [1.807, 2.05) is 0 Å². The Morgan fingerprint density at radius 1 is 0.466 bits per heavy atom. The van der Waals surface area contributed by atoms with Crippen molar-refractivity contribution in [2.45, 2.75) is 13.2 Å². The zero-order valence-corrected chi connectivity index (χ0v) is 30.1. The van der Waals surface area contributed by atoms with Crippen LogP contribution >= 0.6 is 0 Å². The number of phenols is 2. The number of hydrogen-bond acceptors (Lipinski definition) is 12. The van der Waals surface area contributed by atoms with Crippen LogP contribution in [0.4, 0.5) is 22.7 Å². The molecule has 2 aliphatic heterocycles. The van der Waals surface area contributed by atoms with Crippen molar-refractivity contribution in [1.82, 2.24) is 0 Å². The maximum Gasteiger partial charge on any atom is 0.342 e. The maximum atomic E-state index is 13.1. The molecule has 6 aromatic carbocycles. The van der Waals surface area contributed by atoms with Crippen LogP contribution in [0, 0.1) is 0 Å². The van der Waals surface area contributed by atoms with Crippen molar-refractivity contribution in [2.75, 3.05) is 9.80 Å². The summed E-state index contributed by atoms with van der Waals surface area (Å²) in [6.07, 6.45) is 0. The number of hydrogen-bond donors (Lipinski definition) is 2. The molecule has 0 bridgehead atoms. The molecule has 0 radical (unpaired) electrons. The van der Waals surface area contributed by atoms with Gasteiger partial charge in [-0.25, -0.2) is 19.4 Å². The Morgan fingerprint density at radius 2 is 0.828 bits per heavy atom. The second-order valence-corrected chi connectivity index (χ2v) is 13.1. The summed E-state index contributed by atoms with van der Waals surface area (Å²) < 4.78 is 10.9. The molecular weight excluding hydrogens is 745 g/mol. The molecule has 6 aromatic rings. The Labute approximate surface area is 328 Å². The largest absolute Gasteiger partial charge is 0.507 e. The maximum absolute atomic E-state index is 13.1. The molecule has 0 spiro atoms. The van der Waals surface area contributed by atoms with E-state index in [9.17, 15) is 39.0 Å². The summed E-state index contributed by atoms with van der Waals surface area (Å²) in [5.74, 6) is -4.38. The number of benzene rings is 6. The van der Waals surface area contributed by atoms with Gasteiger partial charge in [-0.15, -0.1) is 0 Å². The van der Waals surface area contributed by atoms with Crippen LogP contribution in [0.1, 0.15) is 73.3 Å². The zero-order valence-electron chi connectivity index (χ0n) is 30.1. The number of rotatable bonds is 10. The lowest BCUT2D eigenvalue weighted by Gasteiger charge is -2.15. The highest BCUT2D eigenvalue weighted by atomic mass is 16.5. The van der Waals surface area contributed by atoms with Crippen molar-refractivity contribution in [1.29, 1.82) is 0 Å². The van der Waals surface area contributed by atoms with Crippen LogP contribution in [0.15, 0.2) is 144 Å². The molecule has 0 aromatic heterocycles. The van der Waals surface area contributed by atoms with Gasteiger partial charge in [-0.3, -0.25) is 19.2 Å². The molecule has 284 valence electrons. The summed E-state index contributed by atoms with van der Waals surface area (Å²) in [6, 6.07) is 33.6. The van der Waals surface area contributed by atoms with Crippen molar-refractivity contribution in [3.05, 3.63) is 178 Å². The average Bonchev–Trinajstić information content (AvgIpc) is 3.66. The Balaban J connectivity index is 0.904. The molecule has 14 nitrogen and oxygen atoms in total. The van der Waals surface area contributed by atoms with Crippen LogP contribution in [0.2, 0.25) is 0 Å². The number of imide groups is 2. The number of carbonyl (C=O) groups excluding carboxylic acids is 6. The number of amides is 4. The Bertz CT molecular complexity index is 2510. The molecule has 0 unspecified atom stereocenters. The van der Waals surface area contributed by atoms with E-state index in [2.05, 4.69) is 10.2 Å². The van der Waals surface area contributed by atoms with Crippen molar-refractivity contribution in [3.8, 4) is 11.5 Å². The van der Waals surface area contributed by atoms with Crippen molar-refractivity contribution in [2.24, 2.45) is 10.2 Å². The van der Waals surface area contributed by atoms with E-state index in [0.717, 1.165) is 9.80 Å². The average molecular weight is 773 g/mol. The van der Waals surface area contributed by atoms with Crippen LogP contribution in [0.25, 0.3) is 0 Å². The summed E-state index contributed by atoms with van der Waals surface area (Å²) in [7, 11) is 0. The summed E-state index contributed by atoms with van der Waals surface area (Å²) in [6.45, 7) is -0.489. The fourth-order valence-corrected chi connectivity index (χ4v) is 6.49. The predicted octanol–water partition coefficient (Wildman–Crippen LogP) is 7.83. The van der Waals surface area contributed by atoms with Crippen molar-refractivity contribution < 1.29 is 48.5 Å². The summed E-state index contributed by atoms with van der Waals surface area (Å²) in [5.41, 5.74) is 2.63. The monoisotopic (exact) mass is 772 g/mol. The Kier molecular flexibility index (Phi) is 9.56. The molecule has 58 heavy (non-hydrogen) atoms. The minimum atomic E-state index is -0.885. The molecule has 2 aliphatic rings. The number of anilines is 2. The second kappa shape index (κ2) is 15.1. The minimum absolute atomic E-state index is 0.146. The van der Waals surface area contributed by atoms with Crippen LogP contribution in [-0.2, 0) is 22.7 Å². The van der Waals surface area contributed by atoms with Gasteiger partial charge in [0.2, 0.25) is 0 Å². The van der Waals surface area contributed by atoms with Crippen LogP contribution in [0.3, 0.4) is 0 Å². The van der Waals surface area contributed by atoms with E-state index in [1.165, 1.54) is 36.4 Å². The Morgan fingerprint density at radius 3 is 1.19 bits per heavy atom. The van der Waals surface area contributed by atoms with Gasteiger partial charge in [-0.05, 0) is 96.1 Å². The molecule has 0 saturated carbocycles. The Hall–Kier alpha value is -8.26. The van der Waals surface area contributed by atoms with E-state index >= 15 is 0 Å². The van der Waals surface area contributed by atoms with E-state index < -0.39 is 35.6 Å². The SMILES string of the molecule is O=C(OCc1cccc(N2C(=O)c3ccccc3C2=O)c1)c1cc(/N=N/c2ccc(O)c(C(=O)OCc3cccc(N4C(=O)c5ccccc5C4=O)c3)c2)ccc1O. The van der Waals surface area contributed by atoms with Gasteiger partial charge >= 0.3 is 11.9 Å². The first-order valence-electron chi connectivity index (χ1n) is 17.6. The van der Waals surface area contributed by atoms with Gasteiger partial charge in [-0.2, -0.15) is 10.2 Å². The summed E-state index contributed by atoms with van der Waals surface area (Å²) in [4.78, 5) is 80.0. The molecule has 14 heteroatoms. The van der Waals surface area contributed by atoms with Gasteiger partial charge in [0.15, 0.2) is 0 Å². The first-order chi connectivity index (χ1) is 28.1. The first-order valence-corrected chi connectivity index (χ1v) is 17.6. The number of azo groups is 1. The summed E-state index contributed by atoms with van der Waals surface area (Å²) >= 11 is 0. The molecule has 2 N–H and O–H groups in total. The van der Waals surface area contributed by atoms with Crippen molar-refractivity contribution in [3.63, 3.8) is 0 Å². The number of nitrogens with zero attached hydrogens (tertiary/aromatic N) is 4. The number of phenolic OH excluding ortho intramolecular Hbond substituents is 2. The number of fused-ring (bicyclic) bond motifs is 2. The highest BCUT2D eigenvalue weighted by Gasteiger charge is 2.37. The van der Waals surface area contributed by atoms with Crippen LogP contribution in [-0.4, -0.2) is 45.8 Å². The third-order valence-electron chi connectivity index (χ3n) is 9.35. The predicted molar refractivity (Wildman–Crippen MR) is 207 cm³/mol. The fourth-order valence-electron chi connectivity index (χ4n) is 6.49. The molecule has 4 amide bonds. The van der Waals surface area contributed by atoms with Crippen LogP contribution in [0.5, 0.6) is 11.5 Å². The third kappa shape index (κ3) is 6.92. The molecule has 0 aliphatic carbocycles. The second-order valence-electron chi connectivity index (χ2n) is 13.1. The standard InChI is InChI=1S/C44H28N4O10/c49-37-17-15-27(21-35(37)43(55)57-23-25-7-5-9-29(19-25)47-39(51)31-11-1-2-12-32(31)40(47)52)45-46-28-16-18-38(50)36(22-28)44(56)58-24-26-8-6-10-30(20-26)48-41(53)33-13-3-4-14-34(33)42(48)54/h1-22,49-50H,23-24H2/b46-45+. The number of ether oxygens (including phenoxy) is 2. The minimum Gasteiger partial charge on any atom is -0.507 e. The number of carbonyl (C=O) groups is 6. The van der Waals surface area contributed by atoms with Gasteiger partial charge in [0.1, 0.15) is 35.8 Å². The third-order valence-corrected chi connectivity index (χ3v) is 9.35. The zero-order chi connectivity index (χ0) is 40.5. The van der Waals surface area contributed by atoms with E-state index in [1.54, 1.807) is 97.1 Å². The van der Waals surface area contributed by atoms with Gasteiger partial charge in [0.05, 0.1) is 45.0 Å². The van der Waals surface area contributed by atoms with E-state index in [4.69, 9.17) is 9.47 Å². The highest BCUT2D eigenvalue weighted by molar-refractivity contribution is 6.35. The topological polar surface area (TPSA) is 193 Å². The molecule has 2 heterocycles. The lowest BCUT2D eigenvalue weighted by molar-refractivity contribution is 0.0460. The number of esters is 2. The van der Waals surface area contributed by atoms with E-state index in [-0.39, 0.29) is 47.2 Å². The fraction of sp³-hybridized carbons (Fsp3) is 0.0455. The molecule has 0 atom stereocenters.